The third kappa shape index (κ3) is 3.28. The summed E-state index contributed by atoms with van der Waals surface area (Å²) in [7, 11) is 0. The Morgan fingerprint density at radius 2 is 1.85 bits per heavy atom. The maximum Gasteiger partial charge on any atom is 0.0236 e. The van der Waals surface area contributed by atoms with E-state index in [1.165, 1.54) is 26.1 Å². The van der Waals surface area contributed by atoms with Crippen LogP contribution in [-0.4, -0.2) is 36.6 Å². The largest absolute Gasteiger partial charge is 0.311 e. The van der Waals surface area contributed by atoms with Crippen molar-refractivity contribution in [3.8, 4) is 0 Å². The van der Waals surface area contributed by atoms with Gasteiger partial charge in [0.1, 0.15) is 0 Å². The molecule has 0 amide bonds. The van der Waals surface area contributed by atoms with Crippen molar-refractivity contribution in [2.45, 2.75) is 53.1 Å². The standard InChI is InChI=1S/C7H14N2.2C2H6/c1-2-9-5-6-3-7(9)4-8-6;2*1-2/h6-8H,2-5H2,1H3;2*1-2H3. The summed E-state index contributed by atoms with van der Waals surface area (Å²) >= 11 is 0. The van der Waals surface area contributed by atoms with E-state index in [1.807, 2.05) is 27.7 Å². The van der Waals surface area contributed by atoms with Gasteiger partial charge in [-0.05, 0) is 13.0 Å². The van der Waals surface area contributed by atoms with Crippen molar-refractivity contribution < 1.29 is 0 Å². The van der Waals surface area contributed by atoms with E-state index < -0.39 is 0 Å². The number of rotatable bonds is 1. The van der Waals surface area contributed by atoms with Crippen molar-refractivity contribution in [1.29, 1.82) is 0 Å². The molecule has 0 aromatic rings. The minimum absolute atomic E-state index is 0.829. The summed E-state index contributed by atoms with van der Waals surface area (Å²) in [5.41, 5.74) is 0. The van der Waals surface area contributed by atoms with E-state index in [9.17, 15) is 0 Å². The Labute approximate surface area is 83.7 Å². The normalized spacial score (nSPS) is 30.2. The van der Waals surface area contributed by atoms with Crippen molar-refractivity contribution in [2.24, 2.45) is 0 Å². The Hall–Kier alpha value is -0.0800. The molecule has 0 aromatic heterocycles. The van der Waals surface area contributed by atoms with E-state index in [0.717, 1.165) is 12.1 Å². The summed E-state index contributed by atoms with van der Waals surface area (Å²) in [6.07, 6.45) is 1.40. The molecular formula is C11H26N2. The maximum absolute atomic E-state index is 3.48. The zero-order valence-electron chi connectivity index (χ0n) is 9.93. The second-order valence-electron chi connectivity index (χ2n) is 3.08. The number of fused-ring (bicyclic) bond motifs is 2. The molecule has 2 aliphatic heterocycles. The SMILES string of the molecule is CC.CC.CCN1CC2CC1CN2. The summed E-state index contributed by atoms with van der Waals surface area (Å²) in [5, 5.41) is 3.48. The van der Waals surface area contributed by atoms with Crippen LogP contribution < -0.4 is 5.32 Å². The summed E-state index contributed by atoms with van der Waals surface area (Å²) in [6, 6.07) is 1.70. The summed E-state index contributed by atoms with van der Waals surface area (Å²) in [6.45, 7) is 14.0. The van der Waals surface area contributed by atoms with Gasteiger partial charge in [0.2, 0.25) is 0 Å². The lowest BCUT2D eigenvalue weighted by molar-refractivity contribution is 0.238. The molecule has 2 atom stereocenters. The maximum atomic E-state index is 3.48. The van der Waals surface area contributed by atoms with Crippen LogP contribution >= 0.6 is 0 Å². The first-order valence-corrected chi connectivity index (χ1v) is 5.87. The van der Waals surface area contributed by atoms with Crippen molar-refractivity contribution >= 4 is 0 Å². The van der Waals surface area contributed by atoms with Gasteiger partial charge in [0, 0.05) is 25.2 Å². The van der Waals surface area contributed by atoms with Crippen LogP contribution in [0.3, 0.4) is 0 Å². The molecule has 2 heterocycles. The van der Waals surface area contributed by atoms with Crippen LogP contribution in [0.1, 0.15) is 41.0 Å². The monoisotopic (exact) mass is 186 g/mol. The molecule has 1 N–H and O–H groups in total. The molecule has 0 spiro atoms. The highest BCUT2D eigenvalue weighted by Crippen LogP contribution is 2.21. The van der Waals surface area contributed by atoms with E-state index in [4.69, 9.17) is 0 Å². The Morgan fingerprint density at radius 3 is 2.08 bits per heavy atom. The molecule has 0 saturated carbocycles. The zero-order valence-corrected chi connectivity index (χ0v) is 9.93. The number of piperazine rings is 1. The van der Waals surface area contributed by atoms with E-state index in [2.05, 4.69) is 17.1 Å². The van der Waals surface area contributed by atoms with Gasteiger partial charge in [0.25, 0.3) is 0 Å². The van der Waals surface area contributed by atoms with Crippen molar-refractivity contribution in [2.75, 3.05) is 19.6 Å². The predicted octanol–water partition coefficient (Wildman–Crippen LogP) is 2.10. The van der Waals surface area contributed by atoms with Crippen LogP contribution in [0, 0.1) is 0 Å². The third-order valence-corrected chi connectivity index (χ3v) is 2.58. The molecule has 2 rings (SSSR count). The number of nitrogens with zero attached hydrogens (tertiary/aromatic N) is 1. The zero-order chi connectivity index (χ0) is 10.3. The molecule has 13 heavy (non-hydrogen) atoms. The number of hydrogen-bond acceptors (Lipinski definition) is 2. The van der Waals surface area contributed by atoms with E-state index in [-0.39, 0.29) is 0 Å². The third-order valence-electron chi connectivity index (χ3n) is 2.58. The molecule has 2 unspecified atom stereocenters. The predicted molar refractivity (Wildman–Crippen MR) is 60.1 cm³/mol. The molecular weight excluding hydrogens is 160 g/mol. The Bertz CT molecular complexity index is 115. The van der Waals surface area contributed by atoms with Crippen molar-refractivity contribution in [3.05, 3.63) is 0 Å². The highest BCUT2D eigenvalue weighted by atomic mass is 15.3. The van der Waals surface area contributed by atoms with E-state index in [1.54, 1.807) is 0 Å². The lowest BCUT2D eigenvalue weighted by Crippen LogP contribution is -2.43. The van der Waals surface area contributed by atoms with Crippen LogP contribution in [0.25, 0.3) is 0 Å². The van der Waals surface area contributed by atoms with Crippen LogP contribution in [0.4, 0.5) is 0 Å². The van der Waals surface area contributed by atoms with Gasteiger partial charge >= 0.3 is 0 Å². The van der Waals surface area contributed by atoms with Gasteiger partial charge in [-0.1, -0.05) is 34.6 Å². The summed E-state index contributed by atoms with van der Waals surface area (Å²) in [4.78, 5) is 2.57. The Morgan fingerprint density at radius 1 is 1.23 bits per heavy atom. The van der Waals surface area contributed by atoms with Crippen LogP contribution in [0.2, 0.25) is 0 Å². The van der Waals surface area contributed by atoms with Gasteiger partial charge in [-0.25, -0.2) is 0 Å². The van der Waals surface area contributed by atoms with Crippen LogP contribution in [0.5, 0.6) is 0 Å². The smallest absolute Gasteiger partial charge is 0.0236 e. The second kappa shape index (κ2) is 7.34. The number of hydrogen-bond donors (Lipinski definition) is 1. The van der Waals surface area contributed by atoms with Gasteiger partial charge in [0.15, 0.2) is 0 Å². The first-order valence-electron chi connectivity index (χ1n) is 5.87. The first kappa shape index (κ1) is 12.9. The molecule has 0 aliphatic carbocycles. The Balaban J connectivity index is 0.000000322. The van der Waals surface area contributed by atoms with Gasteiger partial charge in [-0.15, -0.1) is 0 Å². The second-order valence-corrected chi connectivity index (χ2v) is 3.08. The fraction of sp³-hybridized carbons (Fsp3) is 1.00. The molecule has 2 heteroatoms. The quantitative estimate of drug-likeness (QED) is 0.674. The molecule has 0 aromatic carbocycles. The van der Waals surface area contributed by atoms with Gasteiger partial charge in [-0.3, -0.25) is 4.90 Å². The topological polar surface area (TPSA) is 15.3 Å². The van der Waals surface area contributed by atoms with Crippen molar-refractivity contribution in [1.82, 2.24) is 10.2 Å². The van der Waals surface area contributed by atoms with Gasteiger partial charge < -0.3 is 5.32 Å². The molecule has 2 nitrogen and oxygen atoms in total. The molecule has 2 aliphatic rings. The highest BCUT2D eigenvalue weighted by Gasteiger charge is 2.35. The number of nitrogens with one attached hydrogen (secondary N) is 1. The highest BCUT2D eigenvalue weighted by molar-refractivity contribution is 4.96. The molecule has 2 bridgehead atoms. The Kier molecular flexibility index (Phi) is 7.29. The fourth-order valence-corrected chi connectivity index (χ4v) is 2.03. The minimum atomic E-state index is 0.829. The molecule has 2 fully saturated rings. The summed E-state index contributed by atoms with van der Waals surface area (Å²) < 4.78 is 0. The van der Waals surface area contributed by atoms with Gasteiger partial charge in [-0.2, -0.15) is 0 Å². The molecule has 80 valence electrons. The number of likely N-dealkylation sites (tertiary alicyclic amines) is 1. The lowest BCUT2D eigenvalue weighted by atomic mass is 10.2. The van der Waals surface area contributed by atoms with Crippen LogP contribution in [-0.2, 0) is 0 Å². The summed E-state index contributed by atoms with van der Waals surface area (Å²) in [5.74, 6) is 0. The average Bonchev–Trinajstić information content (AvgIpc) is 2.84. The number of likely N-dealkylation sites (N-methyl/N-ethyl adjacent to an activating group) is 1. The van der Waals surface area contributed by atoms with Gasteiger partial charge in [0.05, 0.1) is 0 Å². The molecule has 2 saturated heterocycles. The minimum Gasteiger partial charge on any atom is -0.311 e. The lowest BCUT2D eigenvalue weighted by Gasteiger charge is -2.25. The van der Waals surface area contributed by atoms with Crippen molar-refractivity contribution in [3.63, 3.8) is 0 Å². The van der Waals surface area contributed by atoms with E-state index >= 15 is 0 Å². The molecule has 0 radical (unpaired) electrons. The van der Waals surface area contributed by atoms with E-state index in [0.29, 0.717) is 0 Å². The fourth-order valence-electron chi connectivity index (χ4n) is 2.03. The first-order chi connectivity index (χ1) is 6.40. The average molecular weight is 186 g/mol. The van der Waals surface area contributed by atoms with Crippen LogP contribution in [0.15, 0.2) is 0 Å².